The number of esters is 2. The minimum atomic E-state index is -2.46. The summed E-state index contributed by atoms with van der Waals surface area (Å²) in [7, 11) is 6.25. The fourth-order valence-electron chi connectivity index (χ4n) is 12.7. The Balaban J connectivity index is 1.18. The maximum atomic E-state index is 14.7. The third-order valence-electron chi connectivity index (χ3n) is 18.3. The van der Waals surface area contributed by atoms with Gasteiger partial charge in [-0.15, -0.1) is 0 Å². The lowest BCUT2D eigenvalue weighted by atomic mass is 9.78. The highest BCUT2D eigenvalue weighted by Crippen LogP contribution is 2.38. The number of aliphatic hydroxyl groups excluding tert-OH is 1. The third kappa shape index (κ3) is 19.2. The first-order valence-corrected chi connectivity index (χ1v) is 31.1. The van der Waals surface area contributed by atoms with Crippen LogP contribution in [0.2, 0.25) is 0 Å². The van der Waals surface area contributed by atoms with Crippen molar-refractivity contribution in [3.05, 3.63) is 65.6 Å². The number of ketones is 3. The van der Waals surface area contributed by atoms with E-state index in [4.69, 9.17) is 33.2 Å². The van der Waals surface area contributed by atoms with Gasteiger partial charge in [0.05, 0.1) is 24.9 Å². The average molecular weight is 1190 g/mol. The molecule has 85 heavy (non-hydrogen) atoms. The van der Waals surface area contributed by atoms with E-state index in [-0.39, 0.29) is 55.2 Å². The van der Waals surface area contributed by atoms with Crippen molar-refractivity contribution >= 4 is 41.1 Å². The number of nitrogens with zero attached hydrogens (tertiary/aromatic N) is 5. The molecule has 1 aromatic rings. The number of allylic oxidation sites excluding steroid dienone is 6. The minimum Gasteiger partial charge on any atom is -0.460 e. The number of fused-ring (bicyclic) bond motifs is 3. The third-order valence-corrected chi connectivity index (χ3v) is 18.3. The van der Waals surface area contributed by atoms with Crippen molar-refractivity contribution in [1.82, 2.24) is 19.8 Å². The molecule has 15 atom stereocenters. The highest BCUT2D eigenvalue weighted by atomic mass is 16.6. The number of carbonyl (C=O) groups excluding carboxylic acids is 6. The van der Waals surface area contributed by atoms with Crippen LogP contribution in [0.1, 0.15) is 138 Å². The van der Waals surface area contributed by atoms with Gasteiger partial charge in [-0.05, 0) is 119 Å². The molecule has 1 amide bonds. The van der Waals surface area contributed by atoms with Crippen molar-refractivity contribution in [2.24, 2.45) is 35.5 Å². The van der Waals surface area contributed by atoms with E-state index < -0.39 is 95.9 Å². The SMILES string of the molecule is COCCN1CCN(c2ncc(CCC(=O)O[C@@H]3CC[C@@H](C[C@@H](C)[C@@H]4CC(=O)[C@H](C)/C=C(\C)[C@@H](O)[C@@H](OC)C(=O)[C@H](C)C[C@H](C)/C=C/C=C/C=C(\C)[C@@H](OC)C[C@@H]5CC[C@@H](C)[C@@](O)(O5)C(=O)C(=O)N5CCCC[C@H]5C(=O)O4)C[C@H]3OC)cn2)CC1. The fourth-order valence-corrected chi connectivity index (χ4v) is 12.7. The Morgan fingerprint density at radius 2 is 1.55 bits per heavy atom. The number of carbonyl (C=O) groups is 6. The number of piperazine rings is 1. The van der Waals surface area contributed by atoms with Gasteiger partial charge in [0.15, 0.2) is 5.78 Å². The monoisotopic (exact) mass is 1190 g/mol. The lowest BCUT2D eigenvalue weighted by Gasteiger charge is -2.42. The fraction of sp³-hybridized carbons (Fsp3) is 0.723. The van der Waals surface area contributed by atoms with Crippen molar-refractivity contribution in [3.63, 3.8) is 0 Å². The summed E-state index contributed by atoms with van der Waals surface area (Å²) in [6.45, 7) is 17.7. The highest BCUT2D eigenvalue weighted by Gasteiger charge is 2.53. The molecule has 3 saturated heterocycles. The Hall–Kier alpha value is -5.06. The summed E-state index contributed by atoms with van der Waals surface area (Å²) < 4.78 is 41.3. The lowest BCUT2D eigenvalue weighted by molar-refractivity contribution is -0.265. The van der Waals surface area contributed by atoms with Crippen molar-refractivity contribution in [3.8, 4) is 0 Å². The van der Waals surface area contributed by atoms with Crippen LogP contribution in [0, 0.1) is 35.5 Å². The zero-order valence-corrected chi connectivity index (χ0v) is 52.5. The molecule has 1 aromatic heterocycles. The average Bonchev–Trinajstić information content (AvgIpc) is 3.01. The molecule has 5 heterocycles. The number of ether oxygens (including phenoxy) is 7. The number of cyclic esters (lactones) is 1. The molecular weight excluding hydrogens is 1090 g/mol. The molecule has 4 fully saturated rings. The molecular formula is C65H99N5O15. The standard InChI is InChI=1S/C65H99N5O15/c1-41-17-13-12-14-18-42(2)54(80-9)37-50-23-20-47(7)65(78,85-50)61(75)62(76)70-26-16-15-19-51(70)63(77)84-55(38-52(71)43(3)34-46(6)59(74)60(82-11)58(73)45(5)33-41)44(4)35-48-21-24-53(56(36-48)81-10)83-57(72)25-22-49-39-66-64(67-40-49)69-29-27-68(28-30-69)31-32-79-8/h12-14,17-18,34,39-41,43-45,47-48,50-51,53-56,59-60,74,78H,15-16,19-33,35-38H2,1-11H3/b14-12+,17-13+,42-18+,46-34+/t41-,43-,44-,45-,47-,48+,50+,51+,53-,54+,55+,56-,59-,60+,65-/m1/s1. The van der Waals surface area contributed by atoms with Crippen LogP contribution in [0.3, 0.4) is 0 Å². The lowest BCUT2D eigenvalue weighted by Crippen LogP contribution is -2.61. The van der Waals surface area contributed by atoms with Crippen LogP contribution in [-0.2, 0) is 68.3 Å². The van der Waals surface area contributed by atoms with Gasteiger partial charge in [0.1, 0.15) is 36.2 Å². The maximum Gasteiger partial charge on any atom is 0.329 e. The normalized spacial score (nSPS) is 34.9. The topological polar surface area (TPSA) is 243 Å². The van der Waals surface area contributed by atoms with E-state index in [1.165, 1.54) is 12.0 Å². The zero-order valence-electron chi connectivity index (χ0n) is 52.5. The number of amides is 1. The second kappa shape index (κ2) is 33.3. The van der Waals surface area contributed by atoms with Gasteiger partial charge in [0.2, 0.25) is 11.7 Å². The first kappa shape index (κ1) is 69.0. The van der Waals surface area contributed by atoms with Gasteiger partial charge in [-0.2, -0.15) is 0 Å². The maximum absolute atomic E-state index is 14.7. The summed E-state index contributed by atoms with van der Waals surface area (Å²) in [5.74, 6) is -8.08. The molecule has 0 unspecified atom stereocenters. The van der Waals surface area contributed by atoms with Gasteiger partial charge in [-0.1, -0.05) is 71.1 Å². The van der Waals surface area contributed by atoms with E-state index in [9.17, 15) is 39.0 Å². The second-order valence-corrected chi connectivity index (χ2v) is 24.8. The summed E-state index contributed by atoms with van der Waals surface area (Å²) in [6, 6.07) is -1.19. The molecule has 0 radical (unpaired) electrons. The van der Waals surface area contributed by atoms with Gasteiger partial charge in [-0.3, -0.25) is 28.9 Å². The van der Waals surface area contributed by atoms with Crippen LogP contribution in [0.5, 0.6) is 0 Å². The molecule has 20 heteroatoms. The van der Waals surface area contributed by atoms with Crippen LogP contribution < -0.4 is 4.90 Å². The van der Waals surface area contributed by atoms with Crippen LogP contribution in [0.25, 0.3) is 0 Å². The molecule has 2 N–H and O–H groups in total. The van der Waals surface area contributed by atoms with Crippen molar-refractivity contribution in [2.75, 3.05) is 79.2 Å². The van der Waals surface area contributed by atoms with Crippen LogP contribution in [0.15, 0.2) is 60.0 Å². The van der Waals surface area contributed by atoms with Gasteiger partial charge >= 0.3 is 11.9 Å². The van der Waals surface area contributed by atoms with Crippen molar-refractivity contribution in [1.29, 1.82) is 0 Å². The first-order chi connectivity index (χ1) is 40.6. The van der Waals surface area contributed by atoms with Crippen LogP contribution in [0.4, 0.5) is 5.95 Å². The number of Topliss-reactive ketones (excluding diaryl/α,β-unsaturated/α-hetero) is 3. The number of piperidine rings is 1. The zero-order chi connectivity index (χ0) is 62.0. The molecule has 1 aliphatic carbocycles. The second-order valence-electron chi connectivity index (χ2n) is 24.8. The first-order valence-electron chi connectivity index (χ1n) is 31.1. The van der Waals surface area contributed by atoms with Crippen molar-refractivity contribution < 1.29 is 72.1 Å². The Labute approximate surface area is 504 Å². The quantitative estimate of drug-likeness (QED) is 0.109. The predicted molar refractivity (Wildman–Crippen MR) is 320 cm³/mol. The van der Waals surface area contributed by atoms with Crippen LogP contribution >= 0.6 is 0 Å². The molecule has 4 aliphatic heterocycles. The van der Waals surface area contributed by atoms with E-state index >= 15 is 0 Å². The molecule has 0 spiro atoms. The highest BCUT2D eigenvalue weighted by molar-refractivity contribution is 6.39. The number of rotatable bonds is 14. The molecule has 20 nitrogen and oxygen atoms in total. The molecule has 0 aromatic carbocycles. The number of hydrogen-bond acceptors (Lipinski definition) is 19. The number of aromatic nitrogens is 2. The van der Waals surface area contributed by atoms with Crippen LogP contribution in [-0.4, -0.2) is 194 Å². The van der Waals surface area contributed by atoms with E-state index in [0.29, 0.717) is 88.8 Å². The van der Waals surface area contributed by atoms with E-state index in [1.807, 2.05) is 58.1 Å². The van der Waals surface area contributed by atoms with E-state index in [2.05, 4.69) is 19.8 Å². The van der Waals surface area contributed by atoms with Crippen molar-refractivity contribution in [2.45, 2.75) is 193 Å². The Bertz CT molecular complexity index is 2490. The minimum absolute atomic E-state index is 0.00232. The summed E-state index contributed by atoms with van der Waals surface area (Å²) in [5, 5.41) is 23.7. The largest absolute Gasteiger partial charge is 0.460 e. The smallest absolute Gasteiger partial charge is 0.329 e. The molecule has 1 saturated carbocycles. The number of aryl methyl sites for hydroxylation is 1. The molecule has 5 aliphatic rings. The summed E-state index contributed by atoms with van der Waals surface area (Å²) in [4.78, 5) is 100. The summed E-state index contributed by atoms with van der Waals surface area (Å²) in [5.41, 5.74) is 2.06. The summed E-state index contributed by atoms with van der Waals surface area (Å²) >= 11 is 0. The molecule has 2 bridgehead atoms. The number of aliphatic hydroxyl groups is 2. The van der Waals surface area contributed by atoms with Gasteiger partial charge in [-0.25, -0.2) is 14.8 Å². The Morgan fingerprint density at radius 3 is 2.24 bits per heavy atom. The molecule has 6 rings (SSSR count). The Morgan fingerprint density at radius 1 is 0.824 bits per heavy atom. The number of anilines is 1. The number of methoxy groups -OCH3 is 4. The van der Waals surface area contributed by atoms with Gasteiger partial charge in [0.25, 0.3) is 11.7 Å². The Kier molecular flexibility index (Phi) is 27.1. The predicted octanol–water partition coefficient (Wildman–Crippen LogP) is 6.92. The molecule has 474 valence electrons. The number of hydrogen-bond donors (Lipinski definition) is 2. The van der Waals surface area contributed by atoms with E-state index in [1.54, 1.807) is 60.6 Å². The summed E-state index contributed by atoms with van der Waals surface area (Å²) in [6.07, 6.45) is 14.7. The van der Waals surface area contributed by atoms with Gasteiger partial charge < -0.3 is 53.2 Å². The van der Waals surface area contributed by atoms with Gasteiger partial charge in [0, 0.05) is 117 Å². The van der Waals surface area contributed by atoms with E-state index in [0.717, 1.165) is 43.9 Å².